The Hall–Kier alpha value is -2.42. The molecule has 1 atom stereocenters. The van der Waals surface area contributed by atoms with Crippen LogP contribution < -0.4 is 5.32 Å². The van der Waals surface area contributed by atoms with Crippen LogP contribution >= 0.6 is 0 Å². The molecule has 4 rings (SSSR count). The van der Waals surface area contributed by atoms with Crippen molar-refractivity contribution in [1.82, 2.24) is 29.8 Å². The van der Waals surface area contributed by atoms with Crippen LogP contribution in [-0.2, 0) is 29.6 Å². The van der Waals surface area contributed by atoms with Crippen LogP contribution in [-0.4, -0.2) is 87.5 Å². The summed E-state index contributed by atoms with van der Waals surface area (Å²) in [5.41, 5.74) is 2.39. The minimum Gasteiger partial charge on any atom is -0.356 e. The van der Waals surface area contributed by atoms with E-state index in [1.54, 1.807) is 9.58 Å². The summed E-state index contributed by atoms with van der Waals surface area (Å²) in [6.45, 7) is 7.65. The number of likely N-dealkylation sites (tertiary alicyclic amines) is 2. The lowest BCUT2D eigenvalue weighted by Crippen LogP contribution is -2.39. The third-order valence-corrected chi connectivity index (χ3v) is 7.64. The molecule has 9 heteroatoms. The first kappa shape index (κ1) is 24.7. The fourth-order valence-corrected chi connectivity index (χ4v) is 5.51. The molecule has 9 nitrogen and oxygen atoms in total. The van der Waals surface area contributed by atoms with Crippen molar-refractivity contribution >= 4 is 17.7 Å². The molecule has 2 saturated heterocycles. The predicted octanol–water partition coefficient (Wildman–Crippen LogP) is 1.70. The molecule has 3 aliphatic heterocycles. The number of hydrogen-bond acceptors (Lipinski definition) is 5. The SMILES string of the molecule is C[C@H]1CCCCN1CCCNC(=O)CCC(=O)N1CCc2c(c(C(=O)N3CCCC3)nn2C)C1. The number of amides is 3. The molecule has 34 heavy (non-hydrogen) atoms. The Morgan fingerprint density at radius 2 is 1.76 bits per heavy atom. The van der Waals surface area contributed by atoms with Crippen molar-refractivity contribution in [3.05, 3.63) is 17.0 Å². The number of aromatic nitrogens is 2. The zero-order valence-electron chi connectivity index (χ0n) is 20.9. The van der Waals surface area contributed by atoms with Crippen molar-refractivity contribution in [3.63, 3.8) is 0 Å². The van der Waals surface area contributed by atoms with Gasteiger partial charge in [-0.3, -0.25) is 19.1 Å². The largest absolute Gasteiger partial charge is 0.356 e. The van der Waals surface area contributed by atoms with Crippen LogP contribution in [0.15, 0.2) is 0 Å². The second-order valence-electron chi connectivity index (χ2n) is 10.0. The summed E-state index contributed by atoms with van der Waals surface area (Å²) in [5, 5.41) is 7.47. The van der Waals surface area contributed by atoms with Gasteiger partial charge in [0.15, 0.2) is 5.69 Å². The van der Waals surface area contributed by atoms with Crippen molar-refractivity contribution in [2.75, 3.05) is 39.3 Å². The average molecular weight is 473 g/mol. The van der Waals surface area contributed by atoms with E-state index in [0.717, 1.165) is 56.7 Å². The van der Waals surface area contributed by atoms with E-state index in [-0.39, 0.29) is 30.6 Å². The Bertz CT molecular complexity index is 891. The second kappa shape index (κ2) is 11.3. The Kier molecular flexibility index (Phi) is 8.24. The van der Waals surface area contributed by atoms with Gasteiger partial charge < -0.3 is 20.0 Å². The van der Waals surface area contributed by atoms with Crippen molar-refractivity contribution < 1.29 is 14.4 Å². The fourth-order valence-electron chi connectivity index (χ4n) is 5.51. The van der Waals surface area contributed by atoms with Crippen LogP contribution in [0, 0.1) is 0 Å². The topological polar surface area (TPSA) is 90.8 Å². The summed E-state index contributed by atoms with van der Waals surface area (Å²) in [5.74, 6) is -0.127. The summed E-state index contributed by atoms with van der Waals surface area (Å²) >= 11 is 0. The highest BCUT2D eigenvalue weighted by atomic mass is 16.2. The predicted molar refractivity (Wildman–Crippen MR) is 129 cm³/mol. The van der Waals surface area contributed by atoms with Gasteiger partial charge in [0.05, 0.1) is 0 Å². The van der Waals surface area contributed by atoms with Crippen LogP contribution in [0.25, 0.3) is 0 Å². The van der Waals surface area contributed by atoms with Crippen LogP contribution in [0.4, 0.5) is 0 Å². The lowest BCUT2D eigenvalue weighted by Gasteiger charge is -2.33. The number of aryl methyl sites for hydroxylation is 1. The number of rotatable bonds is 8. The molecule has 0 radical (unpaired) electrons. The Labute approximate surface area is 202 Å². The van der Waals surface area contributed by atoms with Crippen molar-refractivity contribution in [1.29, 1.82) is 0 Å². The maximum absolute atomic E-state index is 13.0. The van der Waals surface area contributed by atoms with Gasteiger partial charge in [-0.25, -0.2) is 0 Å². The molecular weight excluding hydrogens is 432 g/mol. The summed E-state index contributed by atoms with van der Waals surface area (Å²) < 4.78 is 1.79. The number of hydrogen-bond donors (Lipinski definition) is 1. The summed E-state index contributed by atoms with van der Waals surface area (Å²) in [7, 11) is 1.87. The third kappa shape index (κ3) is 5.79. The van der Waals surface area contributed by atoms with Crippen LogP contribution in [0.3, 0.4) is 0 Å². The quantitative estimate of drug-likeness (QED) is 0.582. The molecule has 0 bridgehead atoms. The number of piperidine rings is 1. The van der Waals surface area contributed by atoms with E-state index in [9.17, 15) is 14.4 Å². The molecule has 3 amide bonds. The zero-order valence-corrected chi connectivity index (χ0v) is 20.9. The molecule has 0 spiro atoms. The summed E-state index contributed by atoms with van der Waals surface area (Å²) in [4.78, 5) is 44.2. The Morgan fingerprint density at radius 3 is 2.53 bits per heavy atom. The summed E-state index contributed by atoms with van der Waals surface area (Å²) in [6.07, 6.45) is 7.93. The first-order valence-corrected chi connectivity index (χ1v) is 13.1. The van der Waals surface area contributed by atoms with E-state index < -0.39 is 0 Å². The van der Waals surface area contributed by atoms with Crippen molar-refractivity contribution in [2.24, 2.45) is 7.05 Å². The standard InChI is InChI=1S/C25H40N6O3/c1-19-8-3-4-13-29(19)16-7-12-26-22(32)9-10-23(33)31-17-11-21-20(18-31)24(27-28(21)2)25(34)30-14-5-6-15-30/h19H,3-18H2,1-2H3,(H,26,32)/t19-/m0/s1. The zero-order chi connectivity index (χ0) is 24.1. The molecule has 1 N–H and O–H groups in total. The number of carbonyl (C=O) groups is 3. The van der Waals surface area contributed by atoms with E-state index in [1.807, 2.05) is 11.9 Å². The molecule has 1 aromatic heterocycles. The first-order chi connectivity index (χ1) is 16.4. The van der Waals surface area contributed by atoms with Gasteiger partial charge in [0.25, 0.3) is 5.91 Å². The van der Waals surface area contributed by atoms with E-state index in [0.29, 0.717) is 37.8 Å². The highest BCUT2D eigenvalue weighted by Crippen LogP contribution is 2.25. The average Bonchev–Trinajstić information content (AvgIpc) is 3.49. The molecule has 0 unspecified atom stereocenters. The highest BCUT2D eigenvalue weighted by molar-refractivity contribution is 5.94. The molecular formula is C25H40N6O3. The molecule has 188 valence electrons. The normalized spacial score (nSPS) is 20.9. The smallest absolute Gasteiger partial charge is 0.274 e. The maximum atomic E-state index is 13.0. The van der Waals surface area contributed by atoms with Gasteiger partial charge in [0.2, 0.25) is 11.8 Å². The highest BCUT2D eigenvalue weighted by Gasteiger charge is 2.32. The summed E-state index contributed by atoms with van der Waals surface area (Å²) in [6, 6.07) is 0.637. The van der Waals surface area contributed by atoms with Gasteiger partial charge in [-0.05, 0) is 45.6 Å². The van der Waals surface area contributed by atoms with Crippen LogP contribution in [0.5, 0.6) is 0 Å². The van der Waals surface area contributed by atoms with E-state index >= 15 is 0 Å². The Morgan fingerprint density at radius 1 is 1.00 bits per heavy atom. The van der Waals surface area contributed by atoms with Crippen molar-refractivity contribution in [2.45, 2.75) is 77.3 Å². The third-order valence-electron chi connectivity index (χ3n) is 7.64. The van der Waals surface area contributed by atoms with Crippen molar-refractivity contribution in [3.8, 4) is 0 Å². The van der Waals surface area contributed by atoms with Gasteiger partial charge in [0.1, 0.15) is 0 Å². The minimum absolute atomic E-state index is 0.0260. The van der Waals surface area contributed by atoms with E-state index in [4.69, 9.17) is 0 Å². The molecule has 2 fully saturated rings. The van der Waals surface area contributed by atoms with E-state index in [1.165, 1.54) is 19.3 Å². The molecule has 0 saturated carbocycles. The number of nitrogens with zero attached hydrogens (tertiary/aromatic N) is 5. The molecule has 0 aliphatic carbocycles. The van der Waals surface area contributed by atoms with Crippen LogP contribution in [0.2, 0.25) is 0 Å². The van der Waals surface area contributed by atoms with Gasteiger partial charge in [-0.2, -0.15) is 5.10 Å². The molecule has 4 heterocycles. The monoisotopic (exact) mass is 472 g/mol. The number of fused-ring (bicyclic) bond motifs is 1. The number of carbonyl (C=O) groups excluding carboxylic acids is 3. The minimum atomic E-state index is -0.0657. The fraction of sp³-hybridized carbons (Fsp3) is 0.760. The van der Waals surface area contributed by atoms with Gasteiger partial charge >= 0.3 is 0 Å². The Balaban J connectivity index is 1.22. The first-order valence-electron chi connectivity index (χ1n) is 13.1. The van der Waals surface area contributed by atoms with Crippen LogP contribution in [0.1, 0.15) is 80.0 Å². The number of nitrogens with one attached hydrogen (secondary N) is 1. The van der Waals surface area contributed by atoms with E-state index in [2.05, 4.69) is 22.2 Å². The maximum Gasteiger partial charge on any atom is 0.274 e. The van der Waals surface area contributed by atoms with Gasteiger partial charge in [-0.1, -0.05) is 6.42 Å². The molecule has 0 aromatic carbocycles. The lowest BCUT2D eigenvalue weighted by molar-refractivity contribution is -0.134. The molecule has 3 aliphatic rings. The van der Waals surface area contributed by atoms with Gasteiger partial charge in [0, 0.05) is 82.9 Å². The lowest BCUT2D eigenvalue weighted by atomic mass is 10.0. The molecule has 1 aromatic rings. The second-order valence-corrected chi connectivity index (χ2v) is 10.0. The van der Waals surface area contributed by atoms with Gasteiger partial charge in [-0.15, -0.1) is 0 Å².